The molecular formula is C16H25N3O4. The summed E-state index contributed by atoms with van der Waals surface area (Å²) in [6, 6.07) is 2.63. The highest BCUT2D eigenvalue weighted by Gasteiger charge is 2.14. The molecule has 0 radical (unpaired) electrons. The number of nitrogens with zero attached hydrogens (tertiary/aromatic N) is 2. The number of hydrogen-bond donors (Lipinski definition) is 1. The molecule has 7 heteroatoms. The van der Waals surface area contributed by atoms with E-state index < -0.39 is 5.97 Å². The molecule has 0 saturated heterocycles. The second-order valence-corrected chi connectivity index (χ2v) is 5.47. The minimum atomic E-state index is -0.714. The lowest BCUT2D eigenvalue weighted by Gasteiger charge is -2.12. The van der Waals surface area contributed by atoms with E-state index in [1.165, 1.54) is 16.8 Å². The average Bonchev–Trinajstić information content (AvgIpc) is 2.52. The maximum Gasteiger partial charge on any atom is 0.359 e. The van der Waals surface area contributed by atoms with E-state index in [9.17, 15) is 14.4 Å². The van der Waals surface area contributed by atoms with E-state index in [4.69, 9.17) is 4.74 Å². The predicted molar refractivity (Wildman–Crippen MR) is 86.2 cm³/mol. The van der Waals surface area contributed by atoms with Crippen LogP contribution in [0.15, 0.2) is 16.9 Å². The largest absolute Gasteiger partial charge is 0.451 e. The number of esters is 1. The van der Waals surface area contributed by atoms with Crippen LogP contribution in [0.25, 0.3) is 0 Å². The first-order valence-electron chi connectivity index (χ1n) is 8.02. The Bertz CT molecular complexity index is 583. The van der Waals surface area contributed by atoms with E-state index >= 15 is 0 Å². The maximum absolute atomic E-state index is 11.9. The third-order valence-corrected chi connectivity index (χ3v) is 3.26. The molecule has 23 heavy (non-hydrogen) atoms. The van der Waals surface area contributed by atoms with Gasteiger partial charge in [0.25, 0.3) is 11.5 Å². The molecule has 0 bridgehead atoms. The molecule has 1 aromatic rings. The fourth-order valence-electron chi connectivity index (χ4n) is 2.05. The second kappa shape index (κ2) is 9.76. The average molecular weight is 323 g/mol. The zero-order chi connectivity index (χ0) is 17.2. The fraction of sp³-hybridized carbons (Fsp3) is 0.625. The van der Waals surface area contributed by atoms with Crippen LogP contribution in [0.3, 0.4) is 0 Å². The Morgan fingerprint density at radius 2 is 2.04 bits per heavy atom. The molecule has 0 aliphatic carbocycles. The molecule has 0 saturated carbocycles. The first-order valence-corrected chi connectivity index (χ1v) is 8.02. The minimum absolute atomic E-state index is 0.0232. The summed E-state index contributed by atoms with van der Waals surface area (Å²) in [6.07, 6.45) is 3.54. The molecule has 1 amide bonds. The molecule has 0 unspecified atom stereocenters. The maximum atomic E-state index is 11.9. The Balaban J connectivity index is 2.57. The first-order chi connectivity index (χ1) is 11.0. The van der Waals surface area contributed by atoms with Crippen LogP contribution in [-0.2, 0) is 16.1 Å². The van der Waals surface area contributed by atoms with Gasteiger partial charge in [0.1, 0.15) is 0 Å². The van der Waals surface area contributed by atoms with Crippen LogP contribution in [0.1, 0.15) is 56.9 Å². The van der Waals surface area contributed by atoms with Crippen molar-refractivity contribution in [2.75, 3.05) is 6.61 Å². The fourth-order valence-corrected chi connectivity index (χ4v) is 2.05. The molecule has 1 aromatic heterocycles. The third-order valence-electron chi connectivity index (χ3n) is 3.26. The summed E-state index contributed by atoms with van der Waals surface area (Å²) in [6.45, 7) is 6.02. The highest BCUT2D eigenvalue weighted by molar-refractivity contribution is 5.89. The van der Waals surface area contributed by atoms with Crippen molar-refractivity contribution in [3.8, 4) is 0 Å². The number of carbonyl (C=O) groups excluding carboxylic acids is 2. The van der Waals surface area contributed by atoms with Crippen LogP contribution in [0.5, 0.6) is 0 Å². The lowest BCUT2D eigenvalue weighted by atomic mass is 10.2. The summed E-state index contributed by atoms with van der Waals surface area (Å²) >= 11 is 0. The van der Waals surface area contributed by atoms with E-state index in [1.54, 1.807) is 0 Å². The lowest BCUT2D eigenvalue weighted by Crippen LogP contribution is -2.36. The minimum Gasteiger partial charge on any atom is -0.451 e. The van der Waals surface area contributed by atoms with Gasteiger partial charge in [0.15, 0.2) is 12.3 Å². The number of unbranched alkanes of at least 4 members (excludes halogenated alkanes) is 1. The Kier molecular flexibility index (Phi) is 8.01. The molecule has 1 heterocycles. The van der Waals surface area contributed by atoms with Crippen LogP contribution >= 0.6 is 0 Å². The van der Waals surface area contributed by atoms with Crippen molar-refractivity contribution in [3.05, 3.63) is 28.2 Å². The van der Waals surface area contributed by atoms with Gasteiger partial charge in [-0.1, -0.05) is 26.7 Å². The van der Waals surface area contributed by atoms with Gasteiger partial charge in [-0.2, -0.15) is 5.10 Å². The molecule has 0 spiro atoms. The zero-order valence-corrected chi connectivity index (χ0v) is 14.0. The Hall–Kier alpha value is -2.18. The Morgan fingerprint density at radius 1 is 1.30 bits per heavy atom. The molecule has 1 rings (SSSR count). The van der Waals surface area contributed by atoms with Gasteiger partial charge in [0.05, 0.1) is 0 Å². The number of aromatic nitrogens is 2. The van der Waals surface area contributed by atoms with Crippen molar-refractivity contribution < 1.29 is 14.3 Å². The Morgan fingerprint density at radius 3 is 2.70 bits per heavy atom. The highest BCUT2D eigenvalue weighted by atomic mass is 16.5. The second-order valence-electron chi connectivity index (χ2n) is 5.47. The lowest BCUT2D eigenvalue weighted by molar-refractivity contribution is -0.124. The van der Waals surface area contributed by atoms with E-state index in [0.29, 0.717) is 6.54 Å². The summed E-state index contributed by atoms with van der Waals surface area (Å²) in [7, 11) is 0. The van der Waals surface area contributed by atoms with Gasteiger partial charge in [0.2, 0.25) is 0 Å². The molecule has 7 nitrogen and oxygen atoms in total. The van der Waals surface area contributed by atoms with Crippen LogP contribution in [0.4, 0.5) is 0 Å². The van der Waals surface area contributed by atoms with Crippen LogP contribution < -0.4 is 10.9 Å². The monoisotopic (exact) mass is 323 g/mol. The van der Waals surface area contributed by atoms with Gasteiger partial charge in [-0.15, -0.1) is 0 Å². The van der Waals surface area contributed by atoms with E-state index in [0.717, 1.165) is 25.7 Å². The quantitative estimate of drug-likeness (QED) is 0.696. The molecular weight excluding hydrogens is 298 g/mol. The molecule has 0 aromatic carbocycles. The Labute approximate surface area is 136 Å². The normalized spacial score (nSPS) is 11.8. The highest BCUT2D eigenvalue weighted by Crippen LogP contribution is 1.98. The van der Waals surface area contributed by atoms with Crippen molar-refractivity contribution in [1.82, 2.24) is 15.1 Å². The summed E-state index contributed by atoms with van der Waals surface area (Å²) in [5.74, 6) is -1.06. The summed E-state index contributed by atoms with van der Waals surface area (Å²) in [5.41, 5.74) is -0.240. The number of rotatable bonds is 9. The summed E-state index contributed by atoms with van der Waals surface area (Å²) in [5, 5.41) is 6.72. The number of carbonyl (C=O) groups is 2. The van der Waals surface area contributed by atoms with E-state index in [-0.39, 0.29) is 29.8 Å². The van der Waals surface area contributed by atoms with Gasteiger partial charge in [0, 0.05) is 18.7 Å². The number of aryl methyl sites for hydroxylation is 1. The summed E-state index contributed by atoms with van der Waals surface area (Å²) < 4.78 is 6.18. The van der Waals surface area contributed by atoms with Crippen LogP contribution in [-0.4, -0.2) is 34.3 Å². The third kappa shape index (κ3) is 6.63. The van der Waals surface area contributed by atoms with E-state index in [2.05, 4.69) is 10.4 Å². The molecule has 0 fully saturated rings. The van der Waals surface area contributed by atoms with Crippen molar-refractivity contribution >= 4 is 11.9 Å². The van der Waals surface area contributed by atoms with Gasteiger partial charge in [-0.3, -0.25) is 9.59 Å². The molecule has 128 valence electrons. The number of hydrogen-bond acceptors (Lipinski definition) is 5. The number of amides is 1. The number of nitrogens with one attached hydrogen (secondary N) is 1. The zero-order valence-electron chi connectivity index (χ0n) is 14.0. The number of ether oxygens (including phenoxy) is 1. The van der Waals surface area contributed by atoms with Crippen molar-refractivity contribution in [2.24, 2.45) is 0 Å². The topological polar surface area (TPSA) is 90.3 Å². The molecule has 1 N–H and O–H groups in total. The SMILES string of the molecule is CCCCn1nc(C(=O)OCC(=O)N[C@H](C)CCC)ccc1=O. The molecule has 0 aliphatic rings. The van der Waals surface area contributed by atoms with Crippen molar-refractivity contribution in [2.45, 2.75) is 59.0 Å². The van der Waals surface area contributed by atoms with Crippen molar-refractivity contribution in [3.63, 3.8) is 0 Å². The van der Waals surface area contributed by atoms with Crippen molar-refractivity contribution in [1.29, 1.82) is 0 Å². The molecule has 0 aliphatic heterocycles. The first kappa shape index (κ1) is 18.9. The van der Waals surface area contributed by atoms with Gasteiger partial charge in [-0.25, -0.2) is 9.48 Å². The van der Waals surface area contributed by atoms with Gasteiger partial charge >= 0.3 is 5.97 Å². The standard InChI is InChI=1S/C16H25N3O4/c1-4-6-10-19-15(21)9-8-13(18-19)16(22)23-11-14(20)17-12(3)7-5-2/h8-9,12H,4-7,10-11H2,1-3H3,(H,17,20)/t12-/m1/s1. The van der Waals surface area contributed by atoms with Gasteiger partial charge < -0.3 is 10.1 Å². The van der Waals surface area contributed by atoms with Crippen LogP contribution in [0, 0.1) is 0 Å². The predicted octanol–water partition coefficient (Wildman–Crippen LogP) is 1.50. The van der Waals surface area contributed by atoms with Gasteiger partial charge in [-0.05, 0) is 25.8 Å². The molecule has 1 atom stereocenters. The van der Waals surface area contributed by atoms with E-state index in [1.807, 2.05) is 20.8 Å². The smallest absolute Gasteiger partial charge is 0.359 e. The summed E-state index contributed by atoms with van der Waals surface area (Å²) in [4.78, 5) is 35.2. The van der Waals surface area contributed by atoms with Crippen LogP contribution in [0.2, 0.25) is 0 Å².